The number of nitrogens with zero attached hydrogens (tertiary/aromatic N) is 1. The Morgan fingerprint density at radius 3 is 1.77 bits per heavy atom. The first-order chi connectivity index (χ1) is 10.1. The summed E-state index contributed by atoms with van der Waals surface area (Å²) in [5.41, 5.74) is 1.57. The van der Waals surface area contributed by atoms with Crippen molar-refractivity contribution in [1.82, 2.24) is 0 Å². The molecule has 0 unspecified atom stereocenters. The van der Waals surface area contributed by atoms with Crippen LogP contribution in [0.15, 0.2) is 24.3 Å². The van der Waals surface area contributed by atoms with Gasteiger partial charge in [0.15, 0.2) is 0 Å². The molecule has 0 heterocycles. The normalized spacial score (nSPS) is 12.5. The number of halogens is 6. The Bertz CT molecular complexity index is 432. The van der Waals surface area contributed by atoms with Crippen LogP contribution in [0.2, 0.25) is 0 Å². The summed E-state index contributed by atoms with van der Waals surface area (Å²) in [5, 5.41) is 0. The van der Waals surface area contributed by atoms with E-state index in [2.05, 4.69) is 0 Å². The van der Waals surface area contributed by atoms with Gasteiger partial charge in [-0.05, 0) is 37.5 Å². The zero-order valence-corrected chi connectivity index (χ0v) is 12.3. The highest BCUT2D eigenvalue weighted by atomic mass is 19.4. The van der Waals surface area contributed by atoms with Crippen LogP contribution in [-0.4, -0.2) is 25.4 Å². The van der Waals surface area contributed by atoms with Gasteiger partial charge in [-0.3, -0.25) is 0 Å². The lowest BCUT2D eigenvalue weighted by atomic mass is 10.1. The van der Waals surface area contributed by atoms with Gasteiger partial charge in [0.05, 0.1) is 0 Å². The Morgan fingerprint density at radius 1 is 0.864 bits per heavy atom. The van der Waals surface area contributed by atoms with Crippen LogP contribution in [0.25, 0.3) is 0 Å². The summed E-state index contributed by atoms with van der Waals surface area (Å²) in [4.78, 5) is 1.59. The molecular weight excluding hydrogens is 308 g/mol. The number of alkyl halides is 6. The summed E-state index contributed by atoms with van der Waals surface area (Å²) < 4.78 is 73.3. The van der Waals surface area contributed by atoms with E-state index in [1.54, 1.807) is 23.1 Å². The van der Waals surface area contributed by atoms with Crippen LogP contribution >= 0.6 is 0 Å². The zero-order valence-electron chi connectivity index (χ0n) is 12.3. The van der Waals surface area contributed by atoms with Crippen LogP contribution in [0.3, 0.4) is 0 Å². The Hall–Kier alpha value is -1.40. The lowest BCUT2D eigenvalue weighted by molar-refractivity contribution is -0.135. The van der Waals surface area contributed by atoms with Crippen LogP contribution in [-0.2, 0) is 0 Å². The molecule has 0 N–H and O–H groups in total. The molecule has 0 saturated carbocycles. The second kappa shape index (κ2) is 7.74. The molecule has 0 aromatic heterocycles. The lowest BCUT2D eigenvalue weighted by Crippen LogP contribution is -2.27. The number of rotatable bonds is 7. The highest BCUT2D eigenvalue weighted by Gasteiger charge is 2.28. The van der Waals surface area contributed by atoms with E-state index in [9.17, 15) is 26.3 Å². The van der Waals surface area contributed by atoms with Gasteiger partial charge in [-0.2, -0.15) is 26.3 Å². The average molecular weight is 327 g/mol. The largest absolute Gasteiger partial charge is 0.389 e. The predicted octanol–water partition coefficient (Wildman–Crippen LogP) is 5.49. The summed E-state index contributed by atoms with van der Waals surface area (Å²) in [6, 6.07) is 7.04. The monoisotopic (exact) mass is 327 g/mol. The van der Waals surface area contributed by atoms with Gasteiger partial charge in [-0.15, -0.1) is 0 Å². The molecule has 1 aromatic carbocycles. The molecule has 1 aromatic rings. The van der Waals surface area contributed by atoms with Crippen molar-refractivity contribution in [3.05, 3.63) is 29.8 Å². The van der Waals surface area contributed by atoms with Crippen molar-refractivity contribution in [3.63, 3.8) is 0 Å². The predicted molar refractivity (Wildman–Crippen MR) is 74.0 cm³/mol. The van der Waals surface area contributed by atoms with Gasteiger partial charge in [0.25, 0.3) is 0 Å². The van der Waals surface area contributed by atoms with Crippen molar-refractivity contribution in [2.45, 2.75) is 45.0 Å². The standard InChI is InChI=1S/C15H19F6N/c1-12-5-2-6-13(11-12)22(9-3-7-14(16,17)18)10-4-8-15(19,20)21/h2,5-6,11H,3-4,7-10H2,1H3. The number of anilines is 1. The zero-order chi connectivity index (χ0) is 16.8. The molecule has 22 heavy (non-hydrogen) atoms. The van der Waals surface area contributed by atoms with Gasteiger partial charge in [0.1, 0.15) is 0 Å². The van der Waals surface area contributed by atoms with Crippen LogP contribution in [0, 0.1) is 6.92 Å². The van der Waals surface area contributed by atoms with E-state index in [1.807, 2.05) is 13.0 Å². The summed E-state index contributed by atoms with van der Waals surface area (Å²) in [7, 11) is 0. The van der Waals surface area contributed by atoms with Gasteiger partial charge in [-0.1, -0.05) is 12.1 Å². The highest BCUT2D eigenvalue weighted by Crippen LogP contribution is 2.25. The summed E-state index contributed by atoms with van der Waals surface area (Å²) in [6.45, 7) is 1.99. The van der Waals surface area contributed by atoms with Gasteiger partial charge in [0, 0.05) is 31.6 Å². The van der Waals surface area contributed by atoms with Crippen molar-refractivity contribution in [2.75, 3.05) is 18.0 Å². The van der Waals surface area contributed by atoms with Crippen molar-refractivity contribution in [2.24, 2.45) is 0 Å². The smallest absolute Gasteiger partial charge is 0.372 e. The molecule has 0 amide bonds. The molecule has 0 spiro atoms. The fourth-order valence-electron chi connectivity index (χ4n) is 2.14. The minimum atomic E-state index is -4.25. The maximum Gasteiger partial charge on any atom is 0.389 e. The van der Waals surface area contributed by atoms with Crippen molar-refractivity contribution in [3.8, 4) is 0 Å². The molecule has 0 aliphatic heterocycles. The topological polar surface area (TPSA) is 3.24 Å². The molecule has 0 aliphatic rings. The van der Waals surface area contributed by atoms with Crippen molar-refractivity contribution >= 4 is 5.69 Å². The fourth-order valence-corrected chi connectivity index (χ4v) is 2.14. The third-order valence-corrected chi connectivity index (χ3v) is 3.14. The Morgan fingerprint density at radius 2 is 1.36 bits per heavy atom. The third-order valence-electron chi connectivity index (χ3n) is 3.14. The second-order valence-electron chi connectivity index (χ2n) is 5.26. The first-order valence-corrected chi connectivity index (χ1v) is 7.02. The van der Waals surface area contributed by atoms with Gasteiger partial charge in [0.2, 0.25) is 0 Å². The third kappa shape index (κ3) is 8.14. The van der Waals surface area contributed by atoms with E-state index in [0.717, 1.165) is 5.56 Å². The van der Waals surface area contributed by atoms with Gasteiger partial charge < -0.3 is 4.90 Å². The molecule has 1 rings (SSSR count). The van der Waals surface area contributed by atoms with E-state index in [0.29, 0.717) is 5.69 Å². The maximum absolute atomic E-state index is 12.2. The van der Waals surface area contributed by atoms with Gasteiger partial charge >= 0.3 is 12.4 Å². The van der Waals surface area contributed by atoms with Crippen LogP contribution in [0.5, 0.6) is 0 Å². The van der Waals surface area contributed by atoms with Crippen LogP contribution < -0.4 is 4.90 Å². The summed E-state index contributed by atoms with van der Waals surface area (Å²) in [5.74, 6) is 0. The van der Waals surface area contributed by atoms with Crippen LogP contribution in [0.1, 0.15) is 31.2 Å². The Labute approximate surface area is 125 Å². The van der Waals surface area contributed by atoms with Crippen molar-refractivity contribution in [1.29, 1.82) is 0 Å². The molecule has 7 heteroatoms. The number of hydrogen-bond donors (Lipinski definition) is 0. The maximum atomic E-state index is 12.2. The van der Waals surface area contributed by atoms with E-state index in [4.69, 9.17) is 0 Å². The SMILES string of the molecule is Cc1cccc(N(CCCC(F)(F)F)CCCC(F)(F)F)c1. The molecule has 0 saturated heterocycles. The van der Waals surface area contributed by atoms with E-state index < -0.39 is 25.2 Å². The first-order valence-electron chi connectivity index (χ1n) is 7.02. The molecule has 0 fully saturated rings. The molecule has 0 aliphatic carbocycles. The minimum absolute atomic E-state index is 0.0841. The van der Waals surface area contributed by atoms with Gasteiger partial charge in [-0.25, -0.2) is 0 Å². The molecule has 0 atom stereocenters. The van der Waals surface area contributed by atoms with Crippen molar-refractivity contribution < 1.29 is 26.3 Å². The second-order valence-corrected chi connectivity index (χ2v) is 5.26. The Kier molecular flexibility index (Phi) is 6.56. The number of benzene rings is 1. The average Bonchev–Trinajstić information content (AvgIpc) is 2.34. The molecule has 0 bridgehead atoms. The molecule has 0 radical (unpaired) electrons. The Balaban J connectivity index is 2.64. The van der Waals surface area contributed by atoms with Crippen LogP contribution in [0.4, 0.5) is 32.0 Å². The lowest BCUT2D eigenvalue weighted by Gasteiger charge is -2.26. The first kappa shape index (κ1) is 18.6. The number of hydrogen-bond acceptors (Lipinski definition) is 1. The minimum Gasteiger partial charge on any atom is -0.372 e. The highest BCUT2D eigenvalue weighted by molar-refractivity contribution is 5.48. The summed E-state index contributed by atoms with van der Waals surface area (Å²) in [6.07, 6.45) is -10.6. The summed E-state index contributed by atoms with van der Waals surface area (Å²) >= 11 is 0. The quantitative estimate of drug-likeness (QED) is 0.599. The van der Waals surface area contributed by atoms with E-state index in [1.165, 1.54) is 0 Å². The van der Waals surface area contributed by atoms with E-state index >= 15 is 0 Å². The fraction of sp³-hybridized carbons (Fsp3) is 0.600. The number of aryl methyl sites for hydroxylation is 1. The van der Waals surface area contributed by atoms with E-state index in [-0.39, 0.29) is 25.9 Å². The molecular formula is C15H19F6N. The molecule has 1 nitrogen and oxygen atoms in total. The molecule has 126 valence electrons.